The molecule has 3 rings (SSSR count). The predicted octanol–water partition coefficient (Wildman–Crippen LogP) is 1.76. The van der Waals surface area contributed by atoms with Crippen molar-refractivity contribution in [3.8, 4) is 11.1 Å². The van der Waals surface area contributed by atoms with Gasteiger partial charge in [0.2, 0.25) is 0 Å². The lowest BCUT2D eigenvalue weighted by molar-refractivity contribution is -0.151. The third kappa shape index (κ3) is 2.83. The molecule has 1 fully saturated rings. The Kier molecular flexibility index (Phi) is 3.55. The van der Waals surface area contributed by atoms with Crippen LogP contribution in [0.3, 0.4) is 0 Å². The fourth-order valence-corrected chi connectivity index (χ4v) is 1.94. The molecule has 3 aliphatic rings. The number of benzene rings is 1. The summed E-state index contributed by atoms with van der Waals surface area (Å²) in [5.74, 6) is -1.61. The monoisotopic (exact) mass is 246 g/mol. The van der Waals surface area contributed by atoms with Crippen molar-refractivity contribution in [3.05, 3.63) is 24.3 Å². The topological polar surface area (TPSA) is 60.4 Å². The van der Waals surface area contributed by atoms with Crippen LogP contribution in [0.15, 0.2) is 24.3 Å². The number of hydrogen-bond donors (Lipinski definition) is 0. The molecule has 0 saturated heterocycles. The lowest BCUT2D eigenvalue weighted by atomic mass is 9.87. The Morgan fingerprint density at radius 2 is 1.94 bits per heavy atom. The van der Waals surface area contributed by atoms with E-state index in [-0.39, 0.29) is 18.0 Å². The van der Waals surface area contributed by atoms with E-state index in [0.717, 1.165) is 0 Å². The number of esters is 1. The Bertz CT molecular complexity index is 487. The van der Waals surface area contributed by atoms with Crippen LogP contribution in [0.2, 0.25) is 0 Å². The molecule has 18 heavy (non-hydrogen) atoms. The number of ether oxygens (including phenoxy) is 1. The van der Waals surface area contributed by atoms with E-state index in [0.29, 0.717) is 12.8 Å². The molecule has 0 aliphatic heterocycles. The molecule has 0 aromatic rings. The van der Waals surface area contributed by atoms with Gasteiger partial charge in [-0.3, -0.25) is 14.4 Å². The van der Waals surface area contributed by atoms with Crippen LogP contribution in [0.25, 0.3) is 11.1 Å². The second-order valence-electron chi connectivity index (χ2n) is 4.38. The SMILES string of the molecule is COC(=O)C1CCC(=O)CC1=O.c1cc2cc-2c1. The highest BCUT2D eigenvalue weighted by Gasteiger charge is 2.32. The van der Waals surface area contributed by atoms with Gasteiger partial charge in [0.25, 0.3) is 0 Å². The molecule has 4 nitrogen and oxygen atoms in total. The quantitative estimate of drug-likeness (QED) is 0.568. The summed E-state index contributed by atoms with van der Waals surface area (Å²) in [7, 11) is 1.24. The number of ketones is 2. The van der Waals surface area contributed by atoms with Crippen LogP contribution >= 0.6 is 0 Å². The van der Waals surface area contributed by atoms with Gasteiger partial charge in [-0.25, -0.2) is 0 Å². The number of fused-ring (bicyclic) bond motifs is 1. The second kappa shape index (κ2) is 5.12. The number of Topliss-reactive ketones (excluding diaryl/α,β-unsaturated/α-hetero) is 2. The fourth-order valence-electron chi connectivity index (χ4n) is 1.94. The molecule has 1 atom stereocenters. The van der Waals surface area contributed by atoms with E-state index in [1.54, 1.807) is 0 Å². The molecular formula is C14H14O4. The zero-order valence-corrected chi connectivity index (χ0v) is 10.1. The molecule has 3 aliphatic carbocycles. The Balaban J connectivity index is 0.000000164. The number of carbonyl (C=O) groups is 3. The van der Waals surface area contributed by atoms with E-state index in [4.69, 9.17) is 0 Å². The third-order valence-corrected chi connectivity index (χ3v) is 3.07. The molecule has 0 heterocycles. The molecule has 0 aromatic heterocycles. The maximum atomic E-state index is 11.1. The molecule has 0 aromatic carbocycles. The van der Waals surface area contributed by atoms with E-state index in [1.165, 1.54) is 18.2 Å². The number of methoxy groups -OCH3 is 1. The molecule has 1 unspecified atom stereocenters. The van der Waals surface area contributed by atoms with Crippen LogP contribution in [0.4, 0.5) is 0 Å². The van der Waals surface area contributed by atoms with Crippen molar-refractivity contribution in [1.29, 1.82) is 0 Å². The lowest BCUT2D eigenvalue weighted by Gasteiger charge is -2.16. The molecule has 0 spiro atoms. The molecule has 94 valence electrons. The van der Waals surface area contributed by atoms with Crippen molar-refractivity contribution in [3.63, 3.8) is 0 Å². The van der Waals surface area contributed by atoms with Crippen molar-refractivity contribution in [2.75, 3.05) is 7.11 Å². The minimum absolute atomic E-state index is 0.0832. The summed E-state index contributed by atoms with van der Waals surface area (Å²) in [6, 6.07) is 8.48. The third-order valence-electron chi connectivity index (χ3n) is 3.07. The highest BCUT2D eigenvalue weighted by molar-refractivity contribution is 6.10. The molecule has 4 heteroatoms. The van der Waals surface area contributed by atoms with Crippen molar-refractivity contribution in [1.82, 2.24) is 0 Å². The smallest absolute Gasteiger partial charge is 0.316 e. The number of rotatable bonds is 1. The van der Waals surface area contributed by atoms with Crippen LogP contribution in [-0.2, 0) is 19.1 Å². The maximum Gasteiger partial charge on any atom is 0.316 e. The highest BCUT2D eigenvalue weighted by Crippen LogP contribution is 2.32. The van der Waals surface area contributed by atoms with E-state index >= 15 is 0 Å². The van der Waals surface area contributed by atoms with Gasteiger partial charge in [-0.1, -0.05) is 18.2 Å². The zero-order valence-electron chi connectivity index (χ0n) is 10.1. The van der Waals surface area contributed by atoms with Gasteiger partial charge in [-0.15, -0.1) is 0 Å². The lowest BCUT2D eigenvalue weighted by Crippen LogP contribution is -2.31. The normalized spacial score (nSPS) is 19.7. The minimum Gasteiger partial charge on any atom is -0.468 e. The van der Waals surface area contributed by atoms with Gasteiger partial charge in [-0.05, 0) is 23.6 Å². The Hall–Kier alpha value is -1.97. The summed E-state index contributed by atoms with van der Waals surface area (Å²) in [6.07, 6.45) is 0.510. The fraction of sp³-hybridized carbons (Fsp3) is 0.357. The summed E-state index contributed by atoms with van der Waals surface area (Å²) in [5, 5.41) is 0. The van der Waals surface area contributed by atoms with Crippen molar-refractivity contribution >= 4 is 17.5 Å². The second-order valence-corrected chi connectivity index (χ2v) is 4.38. The highest BCUT2D eigenvalue weighted by atomic mass is 16.5. The summed E-state index contributed by atoms with van der Waals surface area (Å²) in [5.41, 5.74) is 2.85. The van der Waals surface area contributed by atoms with Crippen LogP contribution < -0.4 is 0 Å². The Morgan fingerprint density at radius 3 is 2.33 bits per heavy atom. The van der Waals surface area contributed by atoms with Gasteiger partial charge >= 0.3 is 5.97 Å². The van der Waals surface area contributed by atoms with Gasteiger partial charge in [-0.2, -0.15) is 0 Å². The first-order valence-corrected chi connectivity index (χ1v) is 5.84. The molecule has 0 amide bonds. The minimum atomic E-state index is -0.701. The Morgan fingerprint density at radius 1 is 1.28 bits per heavy atom. The molecule has 0 N–H and O–H groups in total. The van der Waals surface area contributed by atoms with Gasteiger partial charge in [0.05, 0.1) is 13.5 Å². The average Bonchev–Trinajstić information content (AvgIpc) is 2.96. The average molecular weight is 246 g/mol. The standard InChI is InChI=1S/C8H10O4.C6H4/c1-12-8(11)6-3-2-5(9)4-7(6)10;1-2-5-4-6(5)3-1/h6H,2-4H2,1H3;1-4H. The first-order valence-electron chi connectivity index (χ1n) is 5.84. The first kappa shape index (κ1) is 12.5. The summed E-state index contributed by atoms with van der Waals surface area (Å²) >= 11 is 0. The molecule has 0 bridgehead atoms. The maximum absolute atomic E-state index is 11.1. The van der Waals surface area contributed by atoms with Crippen LogP contribution in [0, 0.1) is 5.92 Å². The molecule has 1 saturated carbocycles. The van der Waals surface area contributed by atoms with E-state index in [9.17, 15) is 14.4 Å². The number of hydrogen-bond acceptors (Lipinski definition) is 4. The number of carbonyl (C=O) groups excluding carboxylic acids is 3. The van der Waals surface area contributed by atoms with Gasteiger partial charge < -0.3 is 4.74 Å². The first-order chi connectivity index (χ1) is 8.61. The summed E-state index contributed by atoms with van der Waals surface area (Å²) in [4.78, 5) is 32.8. The predicted molar refractivity (Wildman–Crippen MR) is 64.8 cm³/mol. The van der Waals surface area contributed by atoms with Crippen LogP contribution in [-0.4, -0.2) is 24.6 Å². The van der Waals surface area contributed by atoms with E-state index in [2.05, 4.69) is 29.0 Å². The molecule has 0 radical (unpaired) electrons. The van der Waals surface area contributed by atoms with Crippen molar-refractivity contribution in [2.45, 2.75) is 19.3 Å². The van der Waals surface area contributed by atoms with E-state index in [1.807, 2.05) is 0 Å². The summed E-state index contributed by atoms with van der Waals surface area (Å²) < 4.78 is 4.42. The van der Waals surface area contributed by atoms with Crippen molar-refractivity contribution < 1.29 is 19.1 Å². The van der Waals surface area contributed by atoms with Gasteiger partial charge in [0.1, 0.15) is 11.7 Å². The largest absolute Gasteiger partial charge is 0.468 e. The Labute approximate surface area is 105 Å². The van der Waals surface area contributed by atoms with Gasteiger partial charge in [0.15, 0.2) is 5.78 Å². The van der Waals surface area contributed by atoms with Crippen LogP contribution in [0.1, 0.15) is 19.3 Å². The molecular weight excluding hydrogens is 232 g/mol. The van der Waals surface area contributed by atoms with Crippen LogP contribution in [0.5, 0.6) is 0 Å². The van der Waals surface area contributed by atoms with Gasteiger partial charge in [0, 0.05) is 6.42 Å². The summed E-state index contributed by atoms with van der Waals surface area (Å²) in [6.45, 7) is 0. The van der Waals surface area contributed by atoms with E-state index < -0.39 is 11.9 Å². The van der Waals surface area contributed by atoms with Crippen molar-refractivity contribution in [2.24, 2.45) is 5.92 Å². The zero-order chi connectivity index (χ0) is 13.1.